The number of likely N-dealkylation sites (tertiary alicyclic amines) is 1. The highest BCUT2D eigenvalue weighted by Gasteiger charge is 2.47. The normalized spacial score (nSPS) is 25.1. The molecule has 4 saturated heterocycles. The predicted octanol–water partition coefficient (Wildman–Crippen LogP) is 5.07. The average molecular weight is 651 g/mol. The third-order valence-corrected chi connectivity index (χ3v) is 13.9. The number of aromatic amines is 1. The Morgan fingerprint density at radius 3 is 2.22 bits per heavy atom. The monoisotopic (exact) mass is 650 g/mol. The van der Waals surface area contributed by atoms with Gasteiger partial charge < -0.3 is 19.7 Å². The van der Waals surface area contributed by atoms with Gasteiger partial charge in [0.1, 0.15) is 4.83 Å². The van der Waals surface area contributed by atoms with Crippen LogP contribution < -0.4 is 0 Å². The lowest BCUT2D eigenvalue weighted by molar-refractivity contribution is -0.137. The Kier molecular flexibility index (Phi) is 7.92. The van der Waals surface area contributed by atoms with E-state index in [4.69, 9.17) is 0 Å². The number of rotatable bonds is 7. The third kappa shape index (κ3) is 5.76. The summed E-state index contributed by atoms with van der Waals surface area (Å²) >= 11 is 1.72. The summed E-state index contributed by atoms with van der Waals surface area (Å²) in [6.07, 6.45) is 6.22. The van der Waals surface area contributed by atoms with Gasteiger partial charge in [-0.05, 0) is 102 Å². The van der Waals surface area contributed by atoms with Crippen LogP contribution in [0.5, 0.6) is 0 Å². The fourth-order valence-corrected chi connectivity index (χ4v) is 10.7. The molecule has 10 heteroatoms. The fraction of sp³-hybridized carbons (Fsp3) is 0.600. The molecule has 4 aliphatic heterocycles. The molecule has 0 radical (unpaired) electrons. The van der Waals surface area contributed by atoms with E-state index in [2.05, 4.69) is 66.7 Å². The van der Waals surface area contributed by atoms with Crippen molar-refractivity contribution in [3.63, 3.8) is 0 Å². The summed E-state index contributed by atoms with van der Waals surface area (Å²) in [5.41, 5.74) is 5.49. The van der Waals surface area contributed by atoms with E-state index >= 15 is 0 Å². The number of fused-ring (bicyclic) bond motifs is 3. The summed E-state index contributed by atoms with van der Waals surface area (Å²) in [4.78, 5) is 39.6. The van der Waals surface area contributed by atoms with Gasteiger partial charge in [-0.3, -0.25) is 9.59 Å². The zero-order chi connectivity index (χ0) is 31.7. The minimum Gasteiger partial charge on any atom is -0.346 e. The van der Waals surface area contributed by atoms with Gasteiger partial charge in [0.05, 0.1) is 28.5 Å². The Bertz CT molecular complexity index is 1700. The van der Waals surface area contributed by atoms with Crippen LogP contribution >= 0.6 is 11.3 Å². The molecule has 242 valence electrons. The minimum absolute atomic E-state index is 0.0728. The molecule has 1 aromatic carbocycles. The molecule has 1 unspecified atom stereocenters. The second kappa shape index (κ2) is 11.5. The quantitative estimate of drug-likeness (QED) is 0.386. The van der Waals surface area contributed by atoms with E-state index < -0.39 is 15.3 Å². The van der Waals surface area contributed by atoms with Crippen molar-refractivity contribution in [2.75, 3.05) is 44.2 Å². The van der Waals surface area contributed by atoms with Gasteiger partial charge in [-0.2, -0.15) is 0 Å². The molecule has 1 N–H and O–H groups in total. The van der Waals surface area contributed by atoms with Crippen LogP contribution in [0.1, 0.15) is 67.5 Å². The number of H-pyrrole nitrogens is 1. The Labute approximate surface area is 271 Å². The summed E-state index contributed by atoms with van der Waals surface area (Å²) in [6, 6.07) is 9.79. The van der Waals surface area contributed by atoms with E-state index in [-0.39, 0.29) is 29.2 Å². The van der Waals surface area contributed by atoms with Gasteiger partial charge in [-0.25, -0.2) is 8.42 Å². The number of thiophene rings is 1. The molecule has 3 aromatic rings. The highest BCUT2D eigenvalue weighted by Crippen LogP contribution is 2.44. The number of nitrogens with zero attached hydrogens (tertiary/aromatic N) is 3. The van der Waals surface area contributed by atoms with Crippen LogP contribution in [0.4, 0.5) is 0 Å². The topological polar surface area (TPSA) is 93.8 Å². The Morgan fingerprint density at radius 2 is 1.58 bits per heavy atom. The van der Waals surface area contributed by atoms with Crippen LogP contribution in [0.25, 0.3) is 21.5 Å². The molecular weight excluding hydrogens is 605 g/mol. The van der Waals surface area contributed by atoms with E-state index in [0.29, 0.717) is 31.7 Å². The number of benzene rings is 1. The number of nitrogens with one attached hydrogen (secondary N) is 1. The molecule has 2 bridgehead atoms. The van der Waals surface area contributed by atoms with Gasteiger partial charge in [-0.1, -0.05) is 17.2 Å². The number of hydrogen-bond acceptors (Lipinski definition) is 6. The van der Waals surface area contributed by atoms with Crippen molar-refractivity contribution in [3.05, 3.63) is 45.8 Å². The summed E-state index contributed by atoms with van der Waals surface area (Å²) in [6.45, 7) is 11.5. The molecule has 45 heavy (non-hydrogen) atoms. The number of carbonyl (C=O) groups excluding carboxylic acids is 2. The highest BCUT2D eigenvalue weighted by atomic mass is 32.2. The van der Waals surface area contributed by atoms with Crippen LogP contribution in [0.2, 0.25) is 0 Å². The van der Waals surface area contributed by atoms with Crippen LogP contribution in [0, 0.1) is 19.8 Å². The van der Waals surface area contributed by atoms with E-state index in [1.54, 1.807) is 16.2 Å². The maximum atomic E-state index is 14.0. The van der Waals surface area contributed by atoms with Gasteiger partial charge >= 0.3 is 0 Å². The van der Waals surface area contributed by atoms with Crippen LogP contribution in [-0.4, -0.2) is 96.2 Å². The number of aromatic nitrogens is 1. The number of amides is 2. The van der Waals surface area contributed by atoms with Gasteiger partial charge in [0.15, 0.2) is 9.84 Å². The Balaban J connectivity index is 1.13. The molecule has 1 atom stereocenters. The maximum Gasteiger partial charge on any atom is 0.233 e. The van der Waals surface area contributed by atoms with Gasteiger partial charge in [-0.15, -0.1) is 11.3 Å². The van der Waals surface area contributed by atoms with E-state index in [0.717, 1.165) is 67.0 Å². The van der Waals surface area contributed by atoms with Crippen molar-refractivity contribution in [2.24, 2.45) is 5.92 Å². The zero-order valence-corrected chi connectivity index (χ0v) is 28.7. The summed E-state index contributed by atoms with van der Waals surface area (Å²) in [7, 11) is -3.01. The largest absolute Gasteiger partial charge is 0.346 e. The van der Waals surface area contributed by atoms with Gasteiger partial charge in [0, 0.05) is 48.5 Å². The first-order valence-corrected chi connectivity index (χ1v) is 19.3. The average Bonchev–Trinajstić information content (AvgIpc) is 3.82. The first-order valence-electron chi connectivity index (χ1n) is 16.7. The van der Waals surface area contributed by atoms with Crippen molar-refractivity contribution in [1.29, 1.82) is 0 Å². The van der Waals surface area contributed by atoms with Crippen LogP contribution in [0.15, 0.2) is 24.3 Å². The summed E-state index contributed by atoms with van der Waals surface area (Å²) in [5.74, 6) is 0.449. The lowest BCUT2D eigenvalue weighted by atomic mass is 9.88. The van der Waals surface area contributed by atoms with Crippen molar-refractivity contribution < 1.29 is 18.0 Å². The van der Waals surface area contributed by atoms with E-state index in [1.165, 1.54) is 27.6 Å². The molecule has 6 heterocycles. The molecule has 4 fully saturated rings. The lowest BCUT2D eigenvalue weighted by Crippen LogP contribution is -2.46. The number of carbonyl (C=O) groups is 2. The summed E-state index contributed by atoms with van der Waals surface area (Å²) in [5, 5.41) is 1.20. The van der Waals surface area contributed by atoms with Crippen molar-refractivity contribution in [1.82, 2.24) is 19.7 Å². The lowest BCUT2D eigenvalue weighted by Gasteiger charge is -2.31. The van der Waals surface area contributed by atoms with Crippen LogP contribution in [0.3, 0.4) is 0 Å². The fourth-order valence-electron chi connectivity index (χ4n) is 8.34. The van der Waals surface area contributed by atoms with E-state index in [9.17, 15) is 18.0 Å². The minimum atomic E-state index is -3.01. The molecule has 4 aliphatic rings. The first kappa shape index (κ1) is 30.9. The molecular formula is C35H46N4O4S2. The van der Waals surface area contributed by atoms with Gasteiger partial charge in [0.2, 0.25) is 11.8 Å². The third-order valence-electron chi connectivity index (χ3n) is 10.9. The second-order valence-electron chi connectivity index (χ2n) is 14.5. The summed E-state index contributed by atoms with van der Waals surface area (Å²) < 4.78 is 23.7. The van der Waals surface area contributed by atoms with Crippen LogP contribution in [-0.2, 0) is 31.3 Å². The van der Waals surface area contributed by atoms with Crippen molar-refractivity contribution >= 4 is 43.2 Å². The Morgan fingerprint density at radius 1 is 0.933 bits per heavy atom. The zero-order valence-electron chi connectivity index (χ0n) is 27.0. The predicted molar refractivity (Wildman–Crippen MR) is 180 cm³/mol. The molecule has 2 amide bonds. The molecule has 7 rings (SSSR count). The molecule has 0 saturated carbocycles. The molecule has 8 nitrogen and oxygen atoms in total. The highest BCUT2D eigenvalue weighted by molar-refractivity contribution is 7.91. The smallest absolute Gasteiger partial charge is 0.233 e. The standard InChI is InChI=1S/C35H46N4O4S2/c1-22-17-23(2)19-25(18-22)31-28(10-12-37-11-9-24(21-37)33(40)38-13-15-45(42,43)16-14-38)29-20-30(44-32(29)36-31)35(3,4)34(41)39-26-5-6-27(39)8-7-26/h17-20,24,26-27,36H,5-16,21H2,1-4H3. The second-order valence-corrected chi connectivity index (χ2v) is 17.9. The number of sulfone groups is 1. The molecule has 2 aromatic heterocycles. The Hall–Kier alpha value is -2.69. The number of hydrogen-bond donors (Lipinski definition) is 1. The van der Waals surface area contributed by atoms with Crippen molar-refractivity contribution in [3.8, 4) is 11.3 Å². The molecule has 0 aliphatic carbocycles. The first-order chi connectivity index (χ1) is 21.4. The van der Waals surface area contributed by atoms with Crippen molar-refractivity contribution in [2.45, 2.75) is 83.7 Å². The van der Waals surface area contributed by atoms with E-state index in [1.807, 2.05) is 0 Å². The molecule has 0 spiro atoms. The maximum absolute atomic E-state index is 14.0. The SMILES string of the molecule is Cc1cc(C)cc(-c2[nH]c3sc(C(C)(C)C(=O)N4C5CCC4CC5)cc3c2CCN2CCC(C(=O)N3CCS(=O)(=O)CC3)C2)c1. The number of aryl methyl sites for hydroxylation is 2. The van der Waals surface area contributed by atoms with Gasteiger partial charge in [0.25, 0.3) is 0 Å².